The van der Waals surface area contributed by atoms with E-state index in [4.69, 9.17) is 4.74 Å². The van der Waals surface area contributed by atoms with Crippen LogP contribution >= 0.6 is 0 Å². The van der Waals surface area contributed by atoms with Crippen LogP contribution < -0.4 is 4.74 Å². The minimum Gasteiger partial charge on any atom is -0.423 e. The quantitative estimate of drug-likeness (QED) is 0.722. The van der Waals surface area contributed by atoms with Crippen molar-refractivity contribution in [2.45, 2.75) is 13.8 Å². The normalized spacial score (nSPS) is 10.1. The van der Waals surface area contributed by atoms with E-state index in [0.717, 1.165) is 5.69 Å². The zero-order valence-corrected chi connectivity index (χ0v) is 9.18. The summed E-state index contributed by atoms with van der Waals surface area (Å²) in [6, 6.07) is 9.66. The minimum atomic E-state index is -0.337. The van der Waals surface area contributed by atoms with Crippen molar-refractivity contribution in [1.82, 2.24) is 9.78 Å². The Balaban J connectivity index is 2.34. The molecule has 0 saturated heterocycles. The molecule has 0 spiro atoms. The van der Waals surface area contributed by atoms with Crippen molar-refractivity contribution in [3.05, 3.63) is 42.2 Å². The Bertz CT molecular complexity index is 503. The number of hydrogen-bond donors (Lipinski definition) is 0. The Labute approximate surface area is 93.5 Å². The number of esters is 1. The second-order valence-electron chi connectivity index (χ2n) is 3.45. The predicted octanol–water partition coefficient (Wildman–Crippen LogP) is 2.11. The summed E-state index contributed by atoms with van der Waals surface area (Å²) >= 11 is 0. The van der Waals surface area contributed by atoms with Gasteiger partial charge in [0.05, 0.1) is 11.9 Å². The highest BCUT2D eigenvalue weighted by molar-refractivity contribution is 5.69. The number of rotatable bonds is 2. The van der Waals surface area contributed by atoms with Crippen LogP contribution in [0.3, 0.4) is 0 Å². The highest BCUT2D eigenvalue weighted by atomic mass is 16.5. The molecule has 0 atom stereocenters. The van der Waals surface area contributed by atoms with Gasteiger partial charge < -0.3 is 4.74 Å². The maximum atomic E-state index is 10.9. The van der Waals surface area contributed by atoms with Crippen molar-refractivity contribution in [1.29, 1.82) is 0 Å². The molecule has 0 unspecified atom stereocenters. The van der Waals surface area contributed by atoms with Gasteiger partial charge in [-0.05, 0) is 19.1 Å². The van der Waals surface area contributed by atoms with E-state index in [0.29, 0.717) is 11.4 Å². The van der Waals surface area contributed by atoms with Crippen molar-refractivity contribution in [3.63, 3.8) is 0 Å². The monoisotopic (exact) mass is 216 g/mol. The number of aryl methyl sites for hydroxylation is 1. The number of para-hydroxylation sites is 1. The summed E-state index contributed by atoms with van der Waals surface area (Å²) < 4.78 is 6.71. The minimum absolute atomic E-state index is 0.337. The van der Waals surface area contributed by atoms with Crippen molar-refractivity contribution >= 4 is 5.97 Å². The van der Waals surface area contributed by atoms with Crippen molar-refractivity contribution < 1.29 is 9.53 Å². The van der Waals surface area contributed by atoms with Crippen LogP contribution in [0.1, 0.15) is 12.6 Å². The fraction of sp³-hybridized carbons (Fsp3) is 0.167. The van der Waals surface area contributed by atoms with Crippen LogP contribution in [-0.4, -0.2) is 15.7 Å². The predicted molar refractivity (Wildman–Crippen MR) is 59.6 cm³/mol. The van der Waals surface area contributed by atoms with Gasteiger partial charge in [-0.25, -0.2) is 4.68 Å². The summed E-state index contributed by atoms with van der Waals surface area (Å²) in [6.07, 6.45) is 1.70. The van der Waals surface area contributed by atoms with Crippen LogP contribution in [0.2, 0.25) is 0 Å². The van der Waals surface area contributed by atoms with Gasteiger partial charge in [0.25, 0.3) is 0 Å². The SMILES string of the molecule is CC(=O)Oc1cn(-c2ccccc2)nc1C. The van der Waals surface area contributed by atoms with Gasteiger partial charge in [-0.15, -0.1) is 0 Å². The molecule has 16 heavy (non-hydrogen) atoms. The summed E-state index contributed by atoms with van der Waals surface area (Å²) in [7, 11) is 0. The number of aromatic nitrogens is 2. The van der Waals surface area contributed by atoms with Gasteiger partial charge in [0.1, 0.15) is 5.69 Å². The van der Waals surface area contributed by atoms with Crippen LogP contribution in [0.4, 0.5) is 0 Å². The van der Waals surface area contributed by atoms with Gasteiger partial charge in [-0.1, -0.05) is 18.2 Å². The van der Waals surface area contributed by atoms with Crippen molar-refractivity contribution in [2.24, 2.45) is 0 Å². The molecule has 4 nitrogen and oxygen atoms in total. The fourth-order valence-corrected chi connectivity index (χ4v) is 1.41. The molecule has 0 aliphatic carbocycles. The van der Waals surface area contributed by atoms with E-state index in [-0.39, 0.29) is 5.97 Å². The van der Waals surface area contributed by atoms with Gasteiger partial charge in [0.15, 0.2) is 5.75 Å². The van der Waals surface area contributed by atoms with Gasteiger partial charge in [-0.2, -0.15) is 5.10 Å². The standard InChI is InChI=1S/C12H12N2O2/c1-9-12(16-10(2)15)8-14(13-9)11-6-4-3-5-7-11/h3-8H,1-2H3. The summed E-state index contributed by atoms with van der Waals surface area (Å²) in [5.41, 5.74) is 1.63. The number of nitrogens with zero attached hydrogens (tertiary/aromatic N) is 2. The molecule has 1 aromatic heterocycles. The van der Waals surface area contributed by atoms with Gasteiger partial charge >= 0.3 is 5.97 Å². The first-order valence-corrected chi connectivity index (χ1v) is 4.97. The first-order chi connectivity index (χ1) is 7.66. The molecule has 0 fully saturated rings. The van der Waals surface area contributed by atoms with Crippen LogP contribution in [0, 0.1) is 6.92 Å². The highest BCUT2D eigenvalue weighted by Crippen LogP contribution is 2.18. The van der Waals surface area contributed by atoms with Crippen LogP contribution in [0.25, 0.3) is 5.69 Å². The Kier molecular flexibility index (Phi) is 2.72. The Hall–Kier alpha value is -2.10. The first-order valence-electron chi connectivity index (χ1n) is 4.97. The highest BCUT2D eigenvalue weighted by Gasteiger charge is 2.08. The molecular formula is C12H12N2O2. The largest absolute Gasteiger partial charge is 0.423 e. The number of hydrogen-bond acceptors (Lipinski definition) is 3. The molecule has 0 saturated carbocycles. The zero-order valence-electron chi connectivity index (χ0n) is 9.18. The molecule has 0 aliphatic heterocycles. The molecule has 0 bridgehead atoms. The number of benzene rings is 1. The maximum Gasteiger partial charge on any atom is 0.308 e. The van der Waals surface area contributed by atoms with E-state index in [1.54, 1.807) is 17.8 Å². The van der Waals surface area contributed by atoms with E-state index in [2.05, 4.69) is 5.10 Å². The second-order valence-corrected chi connectivity index (χ2v) is 3.45. The third-order valence-electron chi connectivity index (χ3n) is 2.13. The van der Waals surface area contributed by atoms with Gasteiger partial charge in [-0.3, -0.25) is 4.79 Å². The summed E-state index contributed by atoms with van der Waals surface area (Å²) in [4.78, 5) is 10.9. The smallest absolute Gasteiger partial charge is 0.308 e. The molecule has 2 rings (SSSR count). The lowest BCUT2D eigenvalue weighted by Crippen LogP contribution is -2.01. The Morgan fingerprint density at radius 3 is 2.62 bits per heavy atom. The van der Waals surface area contributed by atoms with Crippen LogP contribution in [0.5, 0.6) is 5.75 Å². The fourth-order valence-electron chi connectivity index (χ4n) is 1.41. The molecule has 0 radical (unpaired) electrons. The molecule has 4 heteroatoms. The van der Waals surface area contributed by atoms with E-state index >= 15 is 0 Å². The summed E-state index contributed by atoms with van der Waals surface area (Å²) in [5.74, 6) is 0.159. The van der Waals surface area contributed by atoms with E-state index in [1.165, 1.54) is 6.92 Å². The van der Waals surface area contributed by atoms with Crippen LogP contribution in [-0.2, 0) is 4.79 Å². The van der Waals surface area contributed by atoms with E-state index in [9.17, 15) is 4.79 Å². The topological polar surface area (TPSA) is 44.1 Å². The molecule has 1 heterocycles. The second kappa shape index (κ2) is 4.18. The molecular weight excluding hydrogens is 204 g/mol. The van der Waals surface area contributed by atoms with E-state index in [1.807, 2.05) is 30.3 Å². The average molecular weight is 216 g/mol. The third kappa shape index (κ3) is 2.11. The summed E-state index contributed by atoms with van der Waals surface area (Å²) in [6.45, 7) is 3.18. The molecule has 0 N–H and O–H groups in total. The molecule has 82 valence electrons. The van der Waals surface area contributed by atoms with Crippen molar-refractivity contribution in [3.8, 4) is 11.4 Å². The third-order valence-corrected chi connectivity index (χ3v) is 2.13. The molecule has 1 aromatic carbocycles. The van der Waals surface area contributed by atoms with Crippen molar-refractivity contribution in [2.75, 3.05) is 0 Å². The Morgan fingerprint density at radius 1 is 1.31 bits per heavy atom. The number of carbonyl (C=O) groups is 1. The molecule has 0 amide bonds. The first kappa shape index (κ1) is 10.4. The van der Waals surface area contributed by atoms with E-state index < -0.39 is 0 Å². The maximum absolute atomic E-state index is 10.9. The summed E-state index contributed by atoms with van der Waals surface area (Å²) in [5, 5.41) is 4.27. The van der Waals surface area contributed by atoms with Gasteiger partial charge in [0.2, 0.25) is 0 Å². The lowest BCUT2D eigenvalue weighted by Gasteiger charge is -1.98. The lowest BCUT2D eigenvalue weighted by atomic mass is 10.3. The number of ether oxygens (including phenoxy) is 1. The molecule has 0 aliphatic rings. The average Bonchev–Trinajstić information content (AvgIpc) is 2.61. The zero-order chi connectivity index (χ0) is 11.5. The van der Waals surface area contributed by atoms with Gasteiger partial charge in [0, 0.05) is 6.92 Å². The lowest BCUT2D eigenvalue weighted by molar-refractivity contribution is -0.131. The molecule has 2 aromatic rings. The van der Waals surface area contributed by atoms with Crippen LogP contribution in [0.15, 0.2) is 36.5 Å². The Morgan fingerprint density at radius 2 is 2.00 bits per heavy atom. The number of carbonyl (C=O) groups excluding carboxylic acids is 1.